The normalized spacial score (nSPS) is 16.9. The molecule has 0 bridgehead atoms. The first-order valence-electron chi connectivity index (χ1n) is 9.44. The monoisotopic (exact) mass is 384 g/mol. The molecule has 0 spiro atoms. The number of pyridine rings is 1. The average Bonchev–Trinajstić information content (AvgIpc) is 3.15. The molecule has 0 saturated heterocycles. The Labute approximate surface area is 168 Å². The average molecular weight is 384 g/mol. The van der Waals surface area contributed by atoms with E-state index in [1.54, 1.807) is 19.8 Å². The first kappa shape index (κ1) is 17.6. The van der Waals surface area contributed by atoms with Crippen molar-refractivity contribution >= 4 is 35.9 Å². The highest BCUT2D eigenvalue weighted by Crippen LogP contribution is 2.49. The van der Waals surface area contributed by atoms with Gasteiger partial charge in [0.25, 0.3) is 5.91 Å². The van der Waals surface area contributed by atoms with Crippen molar-refractivity contribution in [3.05, 3.63) is 48.1 Å². The molecule has 9 heteroatoms. The highest BCUT2D eigenvalue weighted by atomic mass is 16.1. The number of hydrogen-bond donors (Lipinski definition) is 2. The van der Waals surface area contributed by atoms with Crippen LogP contribution in [0.3, 0.4) is 0 Å². The predicted octanol–water partition coefficient (Wildman–Crippen LogP) is 2.25. The number of rotatable bonds is 4. The Balaban J connectivity index is 1.78. The maximum atomic E-state index is 13.5. The fourth-order valence-electron chi connectivity index (χ4n) is 3.80. The van der Waals surface area contributed by atoms with E-state index < -0.39 is 0 Å². The van der Waals surface area contributed by atoms with Crippen molar-refractivity contribution in [1.29, 1.82) is 0 Å². The molecule has 1 radical (unpaired) electrons. The van der Waals surface area contributed by atoms with Crippen molar-refractivity contribution in [1.82, 2.24) is 24.8 Å². The Hall–Kier alpha value is -3.49. The largest absolute Gasteiger partial charge is 0.383 e. The molecule has 0 aromatic carbocycles. The fourth-order valence-corrected chi connectivity index (χ4v) is 3.80. The van der Waals surface area contributed by atoms with E-state index in [0.717, 1.165) is 29.8 Å². The van der Waals surface area contributed by atoms with Crippen LogP contribution in [0.15, 0.2) is 47.4 Å². The molecular weight excluding hydrogens is 365 g/mol. The number of hydrogen-bond acceptors (Lipinski definition) is 6. The van der Waals surface area contributed by atoms with Crippen LogP contribution in [-0.4, -0.2) is 38.6 Å². The molecule has 1 fully saturated rings. The lowest BCUT2D eigenvalue weighted by molar-refractivity contribution is 0.0970. The Bertz CT molecular complexity index is 1210. The predicted molar refractivity (Wildman–Crippen MR) is 112 cm³/mol. The van der Waals surface area contributed by atoms with E-state index in [4.69, 9.17) is 5.73 Å². The topological polar surface area (TPSA) is 111 Å². The van der Waals surface area contributed by atoms with E-state index in [1.807, 2.05) is 25.1 Å². The van der Waals surface area contributed by atoms with Gasteiger partial charge in [-0.25, -0.2) is 9.97 Å². The molecule has 1 amide bonds. The number of nitrogen functional groups attached to an aromatic ring is 1. The van der Waals surface area contributed by atoms with E-state index in [9.17, 15) is 4.79 Å². The molecule has 4 heterocycles. The second-order valence-corrected chi connectivity index (χ2v) is 7.71. The molecule has 1 aliphatic carbocycles. The lowest BCUT2D eigenvalue weighted by Gasteiger charge is -2.18. The molecule has 0 unspecified atom stereocenters. The summed E-state index contributed by atoms with van der Waals surface area (Å²) < 4.78 is 2.13. The molecule has 5 rings (SSSR count). The highest BCUT2D eigenvalue weighted by Gasteiger charge is 2.44. The van der Waals surface area contributed by atoms with Crippen LogP contribution in [0.25, 0.3) is 22.3 Å². The minimum absolute atomic E-state index is 0.124. The molecule has 2 aliphatic rings. The number of amides is 1. The van der Waals surface area contributed by atoms with Gasteiger partial charge >= 0.3 is 7.41 Å². The zero-order valence-electron chi connectivity index (χ0n) is 16.2. The van der Waals surface area contributed by atoms with Gasteiger partial charge in [-0.05, 0) is 44.9 Å². The molecule has 3 aromatic rings. The van der Waals surface area contributed by atoms with Crippen LogP contribution >= 0.6 is 0 Å². The Morgan fingerprint density at radius 1 is 1.34 bits per heavy atom. The van der Waals surface area contributed by atoms with Gasteiger partial charge in [-0.15, -0.1) is 0 Å². The summed E-state index contributed by atoms with van der Waals surface area (Å²) in [4.78, 5) is 30.6. The van der Waals surface area contributed by atoms with Crippen molar-refractivity contribution in [2.24, 2.45) is 4.90 Å². The van der Waals surface area contributed by atoms with E-state index >= 15 is 0 Å². The van der Waals surface area contributed by atoms with Crippen LogP contribution in [0.2, 0.25) is 0 Å². The first-order chi connectivity index (χ1) is 14.0. The summed E-state index contributed by atoms with van der Waals surface area (Å²) >= 11 is 0. The van der Waals surface area contributed by atoms with E-state index in [1.165, 1.54) is 6.33 Å². The molecular formula is C20H19BN7O. The Kier molecular flexibility index (Phi) is 3.80. The molecule has 3 aromatic heterocycles. The SMILES string of the molecule is CC1=N[B]C(NC(=O)c2c(-c3cccnc3)n(C3(C)CC3)c3ncnc(N)c23)=C1. The number of carbonyl (C=O) groups is 1. The standard InChI is InChI=1S/C20H19BN7O/c1-11-8-13(21-27-11)26-19(29)14-15-17(22)24-10-25-18(15)28(20(2)5-6-20)16(14)12-4-3-7-23-9-12/h3-4,7-10H,5-6H2,1-2H3,(H,26,29)(H2,22,24,25). The van der Waals surface area contributed by atoms with E-state index in [2.05, 4.69) is 36.7 Å². The van der Waals surface area contributed by atoms with Crippen LogP contribution in [0.5, 0.6) is 0 Å². The third-order valence-electron chi connectivity index (χ3n) is 5.48. The summed E-state index contributed by atoms with van der Waals surface area (Å²) in [7, 11) is 1.64. The number of carbonyl (C=O) groups excluding carboxylic acids is 1. The van der Waals surface area contributed by atoms with Gasteiger partial charge < -0.3 is 20.5 Å². The number of anilines is 1. The van der Waals surface area contributed by atoms with Gasteiger partial charge in [-0.2, -0.15) is 0 Å². The lowest BCUT2D eigenvalue weighted by atomic mass is 9.92. The molecule has 143 valence electrons. The van der Waals surface area contributed by atoms with Crippen LogP contribution in [0.4, 0.5) is 5.82 Å². The molecule has 8 nitrogen and oxygen atoms in total. The molecule has 0 atom stereocenters. The first-order valence-corrected chi connectivity index (χ1v) is 9.44. The van der Waals surface area contributed by atoms with E-state index in [0.29, 0.717) is 22.2 Å². The number of nitrogens with two attached hydrogens (primary N) is 1. The highest BCUT2D eigenvalue weighted by molar-refractivity contribution is 6.50. The Morgan fingerprint density at radius 2 is 2.17 bits per heavy atom. The van der Waals surface area contributed by atoms with Crippen molar-refractivity contribution < 1.29 is 4.79 Å². The van der Waals surface area contributed by atoms with Gasteiger partial charge in [0.1, 0.15) is 17.8 Å². The van der Waals surface area contributed by atoms with Crippen LogP contribution in [-0.2, 0) is 5.54 Å². The van der Waals surface area contributed by atoms with Crippen LogP contribution < -0.4 is 11.1 Å². The number of fused-ring (bicyclic) bond motifs is 1. The fraction of sp³-hybridized carbons (Fsp3) is 0.250. The van der Waals surface area contributed by atoms with Gasteiger partial charge in [0.2, 0.25) is 0 Å². The zero-order chi connectivity index (χ0) is 20.2. The zero-order valence-corrected chi connectivity index (χ0v) is 16.2. The van der Waals surface area contributed by atoms with Crippen molar-refractivity contribution in [2.75, 3.05) is 5.73 Å². The van der Waals surface area contributed by atoms with Crippen molar-refractivity contribution in [3.8, 4) is 11.3 Å². The smallest absolute Gasteiger partial charge is 0.331 e. The van der Waals surface area contributed by atoms with Gasteiger partial charge in [0.15, 0.2) is 0 Å². The third kappa shape index (κ3) is 2.81. The minimum Gasteiger partial charge on any atom is -0.383 e. The molecule has 1 saturated carbocycles. The maximum Gasteiger partial charge on any atom is 0.331 e. The van der Waals surface area contributed by atoms with Crippen LogP contribution in [0, 0.1) is 0 Å². The third-order valence-corrected chi connectivity index (χ3v) is 5.48. The number of allylic oxidation sites excluding steroid dienone is 1. The lowest BCUT2D eigenvalue weighted by Crippen LogP contribution is -2.25. The summed E-state index contributed by atoms with van der Waals surface area (Å²) in [6, 6.07) is 3.80. The van der Waals surface area contributed by atoms with E-state index in [-0.39, 0.29) is 17.3 Å². The molecule has 3 N–H and O–H groups in total. The maximum absolute atomic E-state index is 13.5. The second-order valence-electron chi connectivity index (χ2n) is 7.71. The quantitative estimate of drug-likeness (QED) is 0.671. The van der Waals surface area contributed by atoms with Gasteiger partial charge in [-0.3, -0.25) is 9.78 Å². The Morgan fingerprint density at radius 3 is 2.83 bits per heavy atom. The summed E-state index contributed by atoms with van der Waals surface area (Å²) in [5.74, 6) is 0.0101. The van der Waals surface area contributed by atoms with Crippen molar-refractivity contribution in [3.63, 3.8) is 0 Å². The summed E-state index contributed by atoms with van der Waals surface area (Å²) in [5, 5.41) is 3.51. The van der Waals surface area contributed by atoms with Crippen molar-refractivity contribution in [2.45, 2.75) is 32.2 Å². The number of nitrogens with one attached hydrogen (secondary N) is 1. The van der Waals surface area contributed by atoms with Gasteiger partial charge in [0.05, 0.1) is 16.6 Å². The summed E-state index contributed by atoms with van der Waals surface area (Å²) in [5.41, 5.74) is 10.3. The van der Waals surface area contributed by atoms with Crippen LogP contribution in [0.1, 0.15) is 37.0 Å². The molecule has 29 heavy (non-hydrogen) atoms. The molecule has 1 aliphatic heterocycles. The summed E-state index contributed by atoms with van der Waals surface area (Å²) in [6.45, 7) is 4.04. The number of aromatic nitrogens is 4. The summed E-state index contributed by atoms with van der Waals surface area (Å²) in [6.07, 6.45) is 8.73. The second kappa shape index (κ2) is 6.27. The van der Waals surface area contributed by atoms with Gasteiger partial charge in [-0.1, -0.05) is 0 Å². The van der Waals surface area contributed by atoms with Gasteiger partial charge in [0, 0.05) is 34.8 Å². The minimum atomic E-state index is -0.272. The number of nitrogens with zero attached hydrogens (tertiary/aromatic N) is 5.